The van der Waals surface area contributed by atoms with Crippen LogP contribution in [0.4, 0.5) is 4.79 Å². The van der Waals surface area contributed by atoms with Crippen LogP contribution in [0.3, 0.4) is 0 Å². The number of likely N-dealkylation sites (tertiary alicyclic amines) is 1. The number of ether oxygens (including phenoxy) is 1. The van der Waals surface area contributed by atoms with Crippen LogP contribution in [0.1, 0.15) is 85.7 Å². The van der Waals surface area contributed by atoms with Gasteiger partial charge in [-0.3, -0.25) is 9.48 Å². The molecule has 1 saturated heterocycles. The van der Waals surface area contributed by atoms with Crippen molar-refractivity contribution < 1.29 is 14.3 Å². The maximum Gasteiger partial charge on any atom is 0.410 e. The first-order chi connectivity index (χ1) is 15.7. The minimum absolute atomic E-state index is 0.0450. The molecule has 3 aliphatic rings. The molecule has 7 nitrogen and oxygen atoms in total. The minimum Gasteiger partial charge on any atom is -0.444 e. The summed E-state index contributed by atoms with van der Waals surface area (Å²) < 4.78 is 7.58. The summed E-state index contributed by atoms with van der Waals surface area (Å²) in [5.41, 5.74) is 3.23. The normalized spacial score (nSPS) is 20.7. The lowest BCUT2D eigenvalue weighted by Gasteiger charge is -2.34. The van der Waals surface area contributed by atoms with Crippen molar-refractivity contribution in [2.24, 2.45) is 0 Å². The second kappa shape index (κ2) is 8.35. The first-order valence-electron chi connectivity index (χ1n) is 11.8. The molecule has 176 valence electrons. The van der Waals surface area contributed by atoms with Crippen molar-refractivity contribution in [1.82, 2.24) is 19.6 Å². The van der Waals surface area contributed by atoms with Crippen molar-refractivity contribution in [3.63, 3.8) is 0 Å². The van der Waals surface area contributed by atoms with E-state index >= 15 is 0 Å². The molecule has 5 rings (SSSR count). The van der Waals surface area contributed by atoms with Crippen molar-refractivity contribution in [3.8, 4) is 0 Å². The van der Waals surface area contributed by atoms with Crippen LogP contribution in [0.2, 0.25) is 5.02 Å². The van der Waals surface area contributed by atoms with E-state index < -0.39 is 5.60 Å². The Morgan fingerprint density at radius 3 is 2.67 bits per heavy atom. The highest BCUT2D eigenvalue weighted by Gasteiger charge is 2.36. The molecule has 1 aliphatic carbocycles. The van der Waals surface area contributed by atoms with Gasteiger partial charge in [-0.2, -0.15) is 5.10 Å². The molecular formula is C25H31ClN4O3. The van der Waals surface area contributed by atoms with Crippen molar-refractivity contribution in [1.29, 1.82) is 0 Å². The Hall–Kier alpha value is -2.54. The summed E-state index contributed by atoms with van der Waals surface area (Å²) in [7, 11) is 0. The summed E-state index contributed by atoms with van der Waals surface area (Å²) in [5.74, 6) is -0.0450. The van der Waals surface area contributed by atoms with Gasteiger partial charge in [-0.05, 0) is 87.8 Å². The van der Waals surface area contributed by atoms with E-state index in [0.29, 0.717) is 36.4 Å². The van der Waals surface area contributed by atoms with Gasteiger partial charge < -0.3 is 14.5 Å². The second-order valence-electron chi connectivity index (χ2n) is 10.4. The average molecular weight is 471 g/mol. The smallest absolute Gasteiger partial charge is 0.410 e. The summed E-state index contributed by atoms with van der Waals surface area (Å²) in [6.45, 7) is 7.42. The Balaban J connectivity index is 1.41. The zero-order chi connectivity index (χ0) is 23.3. The molecular weight excluding hydrogens is 440 g/mol. The topological polar surface area (TPSA) is 67.7 Å². The number of aromatic nitrogens is 2. The summed E-state index contributed by atoms with van der Waals surface area (Å²) >= 11 is 6.50. The zero-order valence-electron chi connectivity index (χ0n) is 19.5. The zero-order valence-corrected chi connectivity index (χ0v) is 20.3. The number of nitrogens with zero attached hydrogens (tertiary/aromatic N) is 4. The molecule has 1 aromatic heterocycles. The van der Waals surface area contributed by atoms with Gasteiger partial charge in [0, 0.05) is 30.9 Å². The van der Waals surface area contributed by atoms with Crippen LogP contribution >= 0.6 is 11.6 Å². The number of amides is 2. The SMILES string of the molecule is CC(C)(C)OC(=O)N1CCCC1c1cc(Cl)cc2c1CN(C(=O)c1ccn(C3CC3)n1)CC2. The Labute approximate surface area is 199 Å². The standard InChI is InChI=1S/C25H31ClN4O3/c1-25(2,3)33-24(32)29-10-4-5-22(29)19-14-17(26)13-16-8-11-28(15-20(16)19)23(31)21-9-12-30(27-21)18-6-7-18/h9,12-14,18,22H,4-8,10-11,15H2,1-3H3. The molecule has 2 aromatic rings. The van der Waals surface area contributed by atoms with Crippen LogP contribution in [0.15, 0.2) is 24.4 Å². The molecule has 3 heterocycles. The number of rotatable bonds is 3. The summed E-state index contributed by atoms with van der Waals surface area (Å²) in [6, 6.07) is 6.13. The van der Waals surface area contributed by atoms with E-state index in [9.17, 15) is 9.59 Å². The minimum atomic E-state index is -0.551. The highest BCUT2D eigenvalue weighted by atomic mass is 35.5. The van der Waals surface area contributed by atoms with E-state index in [0.717, 1.165) is 48.8 Å². The molecule has 2 aliphatic heterocycles. The Kier molecular flexibility index (Phi) is 5.63. The fourth-order valence-electron chi connectivity index (χ4n) is 4.91. The molecule has 2 amide bonds. The molecule has 2 fully saturated rings. The molecule has 0 bridgehead atoms. The van der Waals surface area contributed by atoms with Gasteiger partial charge in [-0.25, -0.2) is 4.79 Å². The third kappa shape index (κ3) is 4.60. The third-order valence-electron chi connectivity index (χ3n) is 6.62. The number of hydrogen-bond donors (Lipinski definition) is 0. The number of carbonyl (C=O) groups excluding carboxylic acids is 2. The van der Waals surface area contributed by atoms with Crippen LogP contribution < -0.4 is 0 Å². The molecule has 0 N–H and O–H groups in total. The lowest BCUT2D eigenvalue weighted by Crippen LogP contribution is -2.39. The Bertz CT molecular complexity index is 1090. The van der Waals surface area contributed by atoms with Crippen molar-refractivity contribution in [2.45, 2.75) is 77.1 Å². The fraction of sp³-hybridized carbons (Fsp3) is 0.560. The molecule has 0 spiro atoms. The lowest BCUT2D eigenvalue weighted by atomic mass is 9.90. The number of hydrogen-bond acceptors (Lipinski definition) is 4. The summed E-state index contributed by atoms with van der Waals surface area (Å²) in [5, 5.41) is 5.19. The molecule has 1 atom stereocenters. The highest BCUT2D eigenvalue weighted by Crippen LogP contribution is 2.39. The molecule has 0 radical (unpaired) electrons. The van der Waals surface area contributed by atoms with Crippen LogP contribution in [-0.2, 0) is 17.7 Å². The van der Waals surface area contributed by atoms with Gasteiger partial charge in [0.25, 0.3) is 5.91 Å². The maximum atomic E-state index is 13.2. The van der Waals surface area contributed by atoms with Crippen molar-refractivity contribution in [3.05, 3.63) is 51.8 Å². The van der Waals surface area contributed by atoms with Crippen LogP contribution in [0.5, 0.6) is 0 Å². The third-order valence-corrected chi connectivity index (χ3v) is 6.84. The van der Waals surface area contributed by atoms with Gasteiger partial charge in [0.2, 0.25) is 0 Å². The van der Waals surface area contributed by atoms with E-state index in [1.165, 1.54) is 0 Å². The predicted molar refractivity (Wildman–Crippen MR) is 125 cm³/mol. The monoisotopic (exact) mass is 470 g/mol. The first kappa shape index (κ1) is 22.3. The van der Waals surface area contributed by atoms with E-state index in [4.69, 9.17) is 16.3 Å². The number of benzene rings is 1. The number of fused-ring (bicyclic) bond motifs is 1. The van der Waals surface area contributed by atoms with Crippen LogP contribution in [0, 0.1) is 0 Å². The molecule has 1 saturated carbocycles. The Morgan fingerprint density at radius 2 is 1.94 bits per heavy atom. The predicted octanol–water partition coefficient (Wildman–Crippen LogP) is 5.14. The van der Waals surface area contributed by atoms with Gasteiger partial charge in [0.1, 0.15) is 11.3 Å². The quantitative estimate of drug-likeness (QED) is 0.622. The average Bonchev–Trinajstić information content (AvgIpc) is 3.28. The highest BCUT2D eigenvalue weighted by molar-refractivity contribution is 6.30. The fourth-order valence-corrected chi connectivity index (χ4v) is 5.16. The van der Waals surface area contributed by atoms with Gasteiger partial charge >= 0.3 is 6.09 Å². The maximum absolute atomic E-state index is 13.2. The van der Waals surface area contributed by atoms with E-state index in [1.807, 2.05) is 59.6 Å². The lowest BCUT2D eigenvalue weighted by molar-refractivity contribution is 0.0222. The van der Waals surface area contributed by atoms with Crippen molar-refractivity contribution >= 4 is 23.6 Å². The van der Waals surface area contributed by atoms with E-state index in [2.05, 4.69) is 5.10 Å². The van der Waals surface area contributed by atoms with E-state index in [1.54, 1.807) is 0 Å². The summed E-state index contributed by atoms with van der Waals surface area (Å²) in [6.07, 6.45) is 6.37. The summed E-state index contributed by atoms with van der Waals surface area (Å²) in [4.78, 5) is 29.8. The van der Waals surface area contributed by atoms with Crippen LogP contribution in [-0.4, -0.2) is 50.3 Å². The van der Waals surface area contributed by atoms with Gasteiger partial charge in [0.05, 0.1) is 12.1 Å². The van der Waals surface area contributed by atoms with Gasteiger partial charge in [-0.15, -0.1) is 0 Å². The molecule has 1 aromatic carbocycles. The van der Waals surface area contributed by atoms with E-state index in [-0.39, 0.29) is 18.0 Å². The largest absolute Gasteiger partial charge is 0.444 e. The van der Waals surface area contributed by atoms with Gasteiger partial charge in [0.15, 0.2) is 0 Å². The molecule has 8 heteroatoms. The number of carbonyl (C=O) groups is 2. The van der Waals surface area contributed by atoms with Crippen LogP contribution in [0.25, 0.3) is 0 Å². The first-order valence-corrected chi connectivity index (χ1v) is 12.2. The number of halogens is 1. The molecule has 33 heavy (non-hydrogen) atoms. The second-order valence-corrected chi connectivity index (χ2v) is 10.8. The molecule has 1 unspecified atom stereocenters. The van der Waals surface area contributed by atoms with Crippen molar-refractivity contribution in [2.75, 3.05) is 13.1 Å². The Morgan fingerprint density at radius 1 is 1.15 bits per heavy atom. The van der Waals surface area contributed by atoms with Gasteiger partial charge in [-0.1, -0.05) is 11.6 Å².